The molecule has 26 heavy (non-hydrogen) atoms. The molecule has 2 aromatic rings. The lowest BCUT2D eigenvalue weighted by atomic mass is 10.0. The first-order valence-corrected chi connectivity index (χ1v) is 9.56. The summed E-state index contributed by atoms with van der Waals surface area (Å²) in [5.74, 6) is 0.818. The van der Waals surface area contributed by atoms with Gasteiger partial charge in [-0.3, -0.25) is 4.90 Å². The van der Waals surface area contributed by atoms with Crippen molar-refractivity contribution in [2.75, 3.05) is 26.2 Å². The Balaban J connectivity index is 1.32. The number of hydrogen-bond donors (Lipinski definition) is 2. The fourth-order valence-corrected chi connectivity index (χ4v) is 3.40. The topological polar surface area (TPSA) is 44.7 Å². The predicted octanol–water partition coefficient (Wildman–Crippen LogP) is 2.99. The molecule has 0 bridgehead atoms. The number of nitrogens with one attached hydrogen (secondary N) is 1. The molecule has 0 spiro atoms. The largest absolute Gasteiger partial charge is 0.491 e. The lowest BCUT2D eigenvalue weighted by molar-refractivity contribution is 0.0979. The van der Waals surface area contributed by atoms with Crippen LogP contribution in [0.1, 0.15) is 24.0 Å². The molecule has 1 heterocycles. The van der Waals surface area contributed by atoms with Gasteiger partial charge in [0.25, 0.3) is 0 Å². The number of aryl methyl sites for hydroxylation is 1. The molecule has 0 saturated carbocycles. The van der Waals surface area contributed by atoms with E-state index in [0.29, 0.717) is 19.2 Å². The number of nitrogens with zero attached hydrogens (tertiary/aromatic N) is 1. The van der Waals surface area contributed by atoms with Crippen LogP contribution in [-0.2, 0) is 6.54 Å². The van der Waals surface area contributed by atoms with Crippen LogP contribution < -0.4 is 10.1 Å². The Morgan fingerprint density at radius 3 is 2.62 bits per heavy atom. The maximum absolute atomic E-state index is 10.2. The van der Waals surface area contributed by atoms with Gasteiger partial charge in [-0.2, -0.15) is 0 Å². The third kappa shape index (κ3) is 6.13. The van der Waals surface area contributed by atoms with E-state index in [0.717, 1.165) is 43.8 Å². The number of aliphatic hydroxyl groups excluding tert-OH is 1. The first-order valence-electron chi connectivity index (χ1n) is 9.56. The zero-order valence-corrected chi connectivity index (χ0v) is 15.6. The van der Waals surface area contributed by atoms with Gasteiger partial charge in [0.15, 0.2) is 0 Å². The summed E-state index contributed by atoms with van der Waals surface area (Å²) >= 11 is 0. The zero-order chi connectivity index (χ0) is 18.2. The molecule has 0 aromatic heterocycles. The number of benzene rings is 2. The molecule has 2 aromatic carbocycles. The minimum absolute atomic E-state index is 0.323. The summed E-state index contributed by atoms with van der Waals surface area (Å²) in [4.78, 5) is 2.50. The molecule has 0 aliphatic carbocycles. The van der Waals surface area contributed by atoms with E-state index in [2.05, 4.69) is 40.5 Å². The Morgan fingerprint density at radius 2 is 1.88 bits per heavy atom. The minimum atomic E-state index is -0.488. The van der Waals surface area contributed by atoms with Crippen molar-refractivity contribution in [3.8, 4) is 5.75 Å². The highest BCUT2D eigenvalue weighted by Gasteiger charge is 2.19. The smallest absolute Gasteiger partial charge is 0.119 e. The molecule has 4 heteroatoms. The van der Waals surface area contributed by atoms with Crippen LogP contribution in [0.25, 0.3) is 0 Å². The summed E-state index contributed by atoms with van der Waals surface area (Å²) < 4.78 is 5.67. The number of hydrogen-bond acceptors (Lipinski definition) is 4. The number of ether oxygens (including phenoxy) is 1. The van der Waals surface area contributed by atoms with Gasteiger partial charge in [0.05, 0.1) is 0 Å². The summed E-state index contributed by atoms with van der Waals surface area (Å²) in [5.41, 5.74) is 2.54. The zero-order valence-electron chi connectivity index (χ0n) is 15.6. The van der Waals surface area contributed by atoms with Crippen molar-refractivity contribution in [2.24, 2.45) is 0 Å². The molecule has 1 aliphatic rings. The van der Waals surface area contributed by atoms with E-state index in [1.807, 2.05) is 31.2 Å². The standard InChI is InChI=1S/C22H30N2O2/c1-18-6-5-9-22(14-18)26-17-21(25)15-23-20-10-12-24(13-11-20)16-19-7-3-2-4-8-19/h2-9,14,20-21,23,25H,10-13,15-17H2,1H3/t21-/m1/s1. The van der Waals surface area contributed by atoms with E-state index < -0.39 is 6.10 Å². The van der Waals surface area contributed by atoms with Crippen LogP contribution in [0.15, 0.2) is 54.6 Å². The van der Waals surface area contributed by atoms with Crippen LogP contribution in [-0.4, -0.2) is 48.4 Å². The summed E-state index contributed by atoms with van der Waals surface area (Å²) in [6.45, 7) is 6.17. The number of likely N-dealkylation sites (tertiary alicyclic amines) is 1. The third-order valence-corrected chi connectivity index (χ3v) is 4.91. The van der Waals surface area contributed by atoms with Gasteiger partial charge >= 0.3 is 0 Å². The minimum Gasteiger partial charge on any atom is -0.491 e. The van der Waals surface area contributed by atoms with Crippen molar-refractivity contribution in [3.05, 3.63) is 65.7 Å². The Morgan fingerprint density at radius 1 is 1.12 bits per heavy atom. The van der Waals surface area contributed by atoms with E-state index in [9.17, 15) is 5.11 Å². The summed E-state index contributed by atoms with van der Waals surface area (Å²) in [7, 11) is 0. The van der Waals surface area contributed by atoms with E-state index in [4.69, 9.17) is 4.74 Å². The lowest BCUT2D eigenvalue weighted by Crippen LogP contribution is -2.45. The van der Waals surface area contributed by atoms with E-state index >= 15 is 0 Å². The van der Waals surface area contributed by atoms with Crippen molar-refractivity contribution in [1.82, 2.24) is 10.2 Å². The first-order chi connectivity index (χ1) is 12.7. The second kappa shape index (κ2) is 9.72. The summed E-state index contributed by atoms with van der Waals surface area (Å²) in [5, 5.41) is 13.7. The van der Waals surface area contributed by atoms with Crippen molar-refractivity contribution in [3.63, 3.8) is 0 Å². The van der Waals surface area contributed by atoms with Gasteiger partial charge in [-0.05, 0) is 56.1 Å². The molecule has 2 N–H and O–H groups in total. The van der Waals surface area contributed by atoms with Crippen LogP contribution in [0, 0.1) is 6.92 Å². The third-order valence-electron chi connectivity index (χ3n) is 4.91. The van der Waals surface area contributed by atoms with E-state index in [-0.39, 0.29) is 0 Å². The van der Waals surface area contributed by atoms with Gasteiger partial charge in [0, 0.05) is 19.1 Å². The number of aliphatic hydroxyl groups is 1. The van der Waals surface area contributed by atoms with Gasteiger partial charge in [0.1, 0.15) is 18.5 Å². The number of piperidine rings is 1. The van der Waals surface area contributed by atoms with Gasteiger partial charge < -0.3 is 15.2 Å². The van der Waals surface area contributed by atoms with Crippen molar-refractivity contribution < 1.29 is 9.84 Å². The van der Waals surface area contributed by atoms with Crippen LogP contribution in [0.4, 0.5) is 0 Å². The van der Waals surface area contributed by atoms with Gasteiger partial charge in [0.2, 0.25) is 0 Å². The molecule has 0 radical (unpaired) electrons. The van der Waals surface area contributed by atoms with Crippen molar-refractivity contribution >= 4 is 0 Å². The molecular weight excluding hydrogens is 324 g/mol. The van der Waals surface area contributed by atoms with Crippen LogP contribution in [0.3, 0.4) is 0 Å². The Hall–Kier alpha value is -1.88. The average Bonchev–Trinajstić information content (AvgIpc) is 2.67. The average molecular weight is 354 g/mol. The summed E-state index contributed by atoms with van der Waals surface area (Å²) in [6.07, 6.45) is 1.76. The molecule has 1 saturated heterocycles. The maximum atomic E-state index is 10.2. The normalized spacial score (nSPS) is 17.2. The van der Waals surface area contributed by atoms with Crippen LogP contribution >= 0.6 is 0 Å². The SMILES string of the molecule is Cc1cccc(OC[C@H](O)CNC2CCN(Cc3ccccc3)CC2)c1. The van der Waals surface area contributed by atoms with Crippen molar-refractivity contribution in [1.29, 1.82) is 0 Å². The fourth-order valence-electron chi connectivity index (χ4n) is 3.40. The Bertz CT molecular complexity index is 654. The van der Waals surface area contributed by atoms with Crippen LogP contribution in [0.5, 0.6) is 5.75 Å². The second-order valence-corrected chi connectivity index (χ2v) is 7.23. The number of rotatable bonds is 8. The molecule has 0 amide bonds. The molecule has 1 atom stereocenters. The van der Waals surface area contributed by atoms with Crippen LogP contribution in [0.2, 0.25) is 0 Å². The highest BCUT2D eigenvalue weighted by molar-refractivity contribution is 5.27. The van der Waals surface area contributed by atoms with Gasteiger partial charge in [-0.25, -0.2) is 0 Å². The highest BCUT2D eigenvalue weighted by atomic mass is 16.5. The van der Waals surface area contributed by atoms with Crippen molar-refractivity contribution in [2.45, 2.75) is 38.5 Å². The quantitative estimate of drug-likeness (QED) is 0.765. The Kier molecular flexibility index (Phi) is 7.06. The molecule has 3 rings (SSSR count). The second-order valence-electron chi connectivity index (χ2n) is 7.23. The fraction of sp³-hybridized carbons (Fsp3) is 0.455. The molecule has 140 valence electrons. The highest BCUT2D eigenvalue weighted by Crippen LogP contribution is 2.14. The molecule has 1 fully saturated rings. The lowest BCUT2D eigenvalue weighted by Gasteiger charge is -2.33. The van der Waals surface area contributed by atoms with Gasteiger partial charge in [-0.15, -0.1) is 0 Å². The Labute approximate surface area is 156 Å². The monoisotopic (exact) mass is 354 g/mol. The predicted molar refractivity (Wildman–Crippen MR) is 105 cm³/mol. The van der Waals surface area contributed by atoms with E-state index in [1.165, 1.54) is 5.56 Å². The summed E-state index contributed by atoms with van der Waals surface area (Å²) in [6, 6.07) is 19.0. The maximum Gasteiger partial charge on any atom is 0.119 e. The first kappa shape index (κ1) is 18.9. The molecule has 4 nitrogen and oxygen atoms in total. The molecule has 1 aliphatic heterocycles. The molecular formula is C22H30N2O2. The van der Waals surface area contributed by atoms with E-state index in [1.54, 1.807) is 0 Å². The molecule has 0 unspecified atom stereocenters. The van der Waals surface area contributed by atoms with Gasteiger partial charge in [-0.1, -0.05) is 42.5 Å².